The Morgan fingerprint density at radius 1 is 0.897 bits per heavy atom. The van der Waals surface area contributed by atoms with Gasteiger partial charge in [0.05, 0.1) is 23.5 Å². The van der Waals surface area contributed by atoms with Gasteiger partial charge in [0.2, 0.25) is 5.91 Å². The second kappa shape index (κ2) is 12.2. The number of anilines is 1. The molecule has 0 atom stereocenters. The minimum atomic E-state index is -0.517. The van der Waals surface area contributed by atoms with Gasteiger partial charge in [-0.15, -0.1) is 0 Å². The molecule has 39 heavy (non-hydrogen) atoms. The first-order valence-electron chi connectivity index (χ1n) is 11.9. The second-order valence-electron chi connectivity index (χ2n) is 8.31. The highest BCUT2D eigenvalue weighted by molar-refractivity contribution is 8.18. The van der Waals surface area contributed by atoms with Crippen molar-refractivity contribution in [2.75, 3.05) is 32.1 Å². The van der Waals surface area contributed by atoms with Crippen molar-refractivity contribution in [1.82, 2.24) is 9.80 Å². The average Bonchev–Trinajstić information content (AvgIpc) is 3.32. The molecular weight excluding hydrogens is 542 g/mol. The summed E-state index contributed by atoms with van der Waals surface area (Å²) in [6.45, 7) is 3.41. The summed E-state index contributed by atoms with van der Waals surface area (Å²) in [6, 6.07) is 12.0. The lowest BCUT2D eigenvalue weighted by Gasteiger charge is -2.17. The summed E-state index contributed by atoms with van der Waals surface area (Å²) in [7, 11) is 1.52. The summed E-state index contributed by atoms with van der Waals surface area (Å²) >= 11 is 1.56. The van der Waals surface area contributed by atoms with Crippen LogP contribution in [0.15, 0.2) is 52.3 Å². The SMILES string of the molecule is CCOc1ccc(OC)cc1/C=C1/SC(=O)N(CCN2C(=O)S/C(=C/c3ccc(NC(C)=O)cc3)C2=O)C1=O. The quantitative estimate of drug-likeness (QED) is 0.425. The molecule has 202 valence electrons. The Morgan fingerprint density at radius 3 is 2.03 bits per heavy atom. The molecule has 2 aromatic rings. The molecule has 5 amide bonds. The number of amides is 5. The Kier molecular flexibility index (Phi) is 8.77. The maximum Gasteiger partial charge on any atom is 0.293 e. The van der Waals surface area contributed by atoms with Gasteiger partial charge in [0.15, 0.2) is 0 Å². The van der Waals surface area contributed by atoms with E-state index in [1.807, 2.05) is 6.92 Å². The molecule has 2 aliphatic rings. The summed E-state index contributed by atoms with van der Waals surface area (Å²) in [6.07, 6.45) is 3.15. The first-order valence-corrected chi connectivity index (χ1v) is 13.5. The van der Waals surface area contributed by atoms with Crippen LogP contribution in [-0.2, 0) is 14.4 Å². The van der Waals surface area contributed by atoms with Crippen molar-refractivity contribution in [2.24, 2.45) is 0 Å². The number of thioether (sulfide) groups is 2. The number of carbonyl (C=O) groups is 5. The zero-order valence-electron chi connectivity index (χ0n) is 21.4. The number of rotatable bonds is 9. The standard InChI is InChI=1S/C27H25N3O7S2/c1-4-37-21-10-9-20(36-3)14-18(21)15-23-25(33)30(27(35)39-23)12-11-29-24(32)22(38-26(29)34)13-17-5-7-19(8-6-17)28-16(2)31/h5-10,13-15H,4,11-12H2,1-3H3,(H,28,31)/b22-13+,23-15+. The lowest BCUT2D eigenvalue weighted by Crippen LogP contribution is -2.39. The fourth-order valence-electron chi connectivity index (χ4n) is 3.80. The molecule has 2 aliphatic heterocycles. The van der Waals surface area contributed by atoms with Crippen molar-refractivity contribution in [1.29, 1.82) is 0 Å². The predicted octanol–water partition coefficient (Wildman–Crippen LogP) is 4.83. The fraction of sp³-hybridized carbons (Fsp3) is 0.222. The third-order valence-corrected chi connectivity index (χ3v) is 7.44. The zero-order valence-corrected chi connectivity index (χ0v) is 23.0. The van der Waals surface area contributed by atoms with E-state index < -0.39 is 22.3 Å². The van der Waals surface area contributed by atoms with Crippen LogP contribution < -0.4 is 14.8 Å². The van der Waals surface area contributed by atoms with Crippen LogP contribution >= 0.6 is 23.5 Å². The van der Waals surface area contributed by atoms with Crippen LogP contribution in [0, 0.1) is 0 Å². The van der Waals surface area contributed by atoms with Crippen molar-refractivity contribution >= 4 is 69.6 Å². The molecule has 0 aromatic heterocycles. The van der Waals surface area contributed by atoms with Crippen LogP contribution in [0.2, 0.25) is 0 Å². The van der Waals surface area contributed by atoms with Gasteiger partial charge in [-0.3, -0.25) is 33.8 Å². The first kappa shape index (κ1) is 28.0. The van der Waals surface area contributed by atoms with Gasteiger partial charge in [0.1, 0.15) is 11.5 Å². The molecule has 2 saturated heterocycles. The zero-order chi connectivity index (χ0) is 28.1. The molecule has 2 fully saturated rings. The molecule has 0 aliphatic carbocycles. The van der Waals surface area contributed by atoms with Crippen molar-refractivity contribution in [3.8, 4) is 11.5 Å². The molecule has 4 rings (SSSR count). The summed E-state index contributed by atoms with van der Waals surface area (Å²) in [5.74, 6) is -0.108. The molecule has 0 unspecified atom stereocenters. The number of methoxy groups -OCH3 is 1. The molecule has 0 spiro atoms. The van der Waals surface area contributed by atoms with Gasteiger partial charge in [-0.2, -0.15) is 0 Å². The second-order valence-corrected chi connectivity index (χ2v) is 10.3. The number of ether oxygens (including phenoxy) is 2. The average molecular weight is 568 g/mol. The summed E-state index contributed by atoms with van der Waals surface area (Å²) in [5.41, 5.74) is 1.87. The highest BCUT2D eigenvalue weighted by Crippen LogP contribution is 2.36. The number of hydrogen-bond acceptors (Lipinski definition) is 9. The van der Waals surface area contributed by atoms with E-state index in [2.05, 4.69) is 5.32 Å². The Bertz CT molecular complexity index is 1400. The van der Waals surface area contributed by atoms with Crippen LogP contribution in [0.4, 0.5) is 15.3 Å². The molecule has 10 nitrogen and oxygen atoms in total. The smallest absolute Gasteiger partial charge is 0.293 e. The number of imide groups is 2. The summed E-state index contributed by atoms with van der Waals surface area (Å²) in [4.78, 5) is 64.7. The highest BCUT2D eigenvalue weighted by Gasteiger charge is 2.39. The van der Waals surface area contributed by atoms with E-state index in [0.29, 0.717) is 34.9 Å². The Morgan fingerprint density at radius 2 is 1.49 bits per heavy atom. The predicted molar refractivity (Wildman–Crippen MR) is 150 cm³/mol. The summed E-state index contributed by atoms with van der Waals surface area (Å²) < 4.78 is 10.9. The van der Waals surface area contributed by atoms with Gasteiger partial charge in [-0.25, -0.2) is 0 Å². The van der Waals surface area contributed by atoms with Crippen molar-refractivity contribution in [3.63, 3.8) is 0 Å². The van der Waals surface area contributed by atoms with Gasteiger partial charge >= 0.3 is 0 Å². The normalized spacial score (nSPS) is 17.5. The highest BCUT2D eigenvalue weighted by atomic mass is 32.2. The summed E-state index contributed by atoms with van der Waals surface area (Å²) in [5, 5.41) is 1.68. The van der Waals surface area contributed by atoms with Crippen LogP contribution in [0.1, 0.15) is 25.0 Å². The molecule has 2 heterocycles. The largest absolute Gasteiger partial charge is 0.497 e. The first-order chi connectivity index (χ1) is 18.7. The Balaban J connectivity index is 1.43. The van der Waals surface area contributed by atoms with Crippen molar-refractivity contribution in [2.45, 2.75) is 13.8 Å². The van der Waals surface area contributed by atoms with Crippen LogP contribution in [0.25, 0.3) is 12.2 Å². The maximum absolute atomic E-state index is 13.0. The van der Waals surface area contributed by atoms with Crippen LogP contribution in [0.3, 0.4) is 0 Å². The van der Waals surface area contributed by atoms with E-state index in [4.69, 9.17) is 9.47 Å². The van der Waals surface area contributed by atoms with Crippen molar-refractivity contribution in [3.05, 3.63) is 63.4 Å². The third kappa shape index (κ3) is 6.52. The number of nitrogens with one attached hydrogen (secondary N) is 1. The van der Waals surface area contributed by atoms with Crippen LogP contribution in [0.5, 0.6) is 11.5 Å². The van der Waals surface area contributed by atoms with Gasteiger partial charge < -0.3 is 14.8 Å². The lowest BCUT2D eigenvalue weighted by molar-refractivity contribution is -0.125. The topological polar surface area (TPSA) is 122 Å². The Labute approximate surface area is 233 Å². The van der Waals surface area contributed by atoms with E-state index in [0.717, 1.165) is 33.3 Å². The fourth-order valence-corrected chi connectivity index (χ4v) is 5.52. The number of benzene rings is 2. The molecule has 0 saturated carbocycles. The maximum atomic E-state index is 13.0. The third-order valence-electron chi connectivity index (χ3n) is 5.63. The van der Waals surface area contributed by atoms with E-state index in [1.54, 1.807) is 54.6 Å². The molecule has 0 radical (unpaired) electrons. The van der Waals surface area contributed by atoms with E-state index >= 15 is 0 Å². The molecule has 2 aromatic carbocycles. The molecular formula is C27H25N3O7S2. The van der Waals surface area contributed by atoms with E-state index in [-0.39, 0.29) is 28.8 Å². The molecule has 1 N–H and O–H groups in total. The van der Waals surface area contributed by atoms with Crippen molar-refractivity contribution < 1.29 is 33.4 Å². The van der Waals surface area contributed by atoms with Gasteiger partial charge in [0, 0.05) is 31.3 Å². The van der Waals surface area contributed by atoms with E-state index in [1.165, 1.54) is 14.0 Å². The minimum absolute atomic E-state index is 0.127. The van der Waals surface area contributed by atoms with Gasteiger partial charge in [0.25, 0.3) is 22.3 Å². The van der Waals surface area contributed by atoms with E-state index in [9.17, 15) is 24.0 Å². The minimum Gasteiger partial charge on any atom is -0.497 e. The molecule has 12 heteroatoms. The number of hydrogen-bond donors (Lipinski definition) is 1. The lowest BCUT2D eigenvalue weighted by atomic mass is 10.1. The Hall–Kier alpha value is -4.03. The number of carbonyl (C=O) groups excluding carboxylic acids is 5. The van der Waals surface area contributed by atoms with Gasteiger partial charge in [-0.05, 0) is 78.5 Å². The van der Waals surface area contributed by atoms with Gasteiger partial charge in [-0.1, -0.05) is 12.1 Å². The van der Waals surface area contributed by atoms with Crippen LogP contribution in [-0.4, -0.2) is 64.8 Å². The number of nitrogens with zero attached hydrogens (tertiary/aromatic N) is 2. The molecule has 0 bridgehead atoms. The monoisotopic (exact) mass is 567 g/mol.